The molecule has 0 heterocycles. The predicted octanol–water partition coefficient (Wildman–Crippen LogP) is 3.80. The van der Waals surface area contributed by atoms with Gasteiger partial charge >= 0.3 is 0 Å². The summed E-state index contributed by atoms with van der Waals surface area (Å²) in [5.41, 5.74) is 1.50. The molecule has 0 radical (unpaired) electrons. The average molecular weight is 152 g/mol. The summed E-state index contributed by atoms with van der Waals surface area (Å²) in [6.45, 7) is 10.6. The molecule has 0 saturated heterocycles. The fourth-order valence-electron chi connectivity index (χ4n) is 1.12. The van der Waals surface area contributed by atoms with E-state index in [0.717, 1.165) is 0 Å². The van der Waals surface area contributed by atoms with E-state index in [4.69, 9.17) is 0 Å². The van der Waals surface area contributed by atoms with Gasteiger partial charge in [0, 0.05) is 0 Å². The largest absolute Gasteiger partial charge is 0.0813 e. The quantitative estimate of drug-likeness (QED) is 0.463. The number of rotatable bonds is 0. The number of allylic oxidation sites excluding steroid dienone is 4. The average Bonchev–Trinajstić information content (AvgIpc) is 2.02. The van der Waals surface area contributed by atoms with Crippen molar-refractivity contribution in [1.82, 2.24) is 0 Å². The van der Waals surface area contributed by atoms with E-state index in [1.165, 1.54) is 5.57 Å². The molecule has 0 heteroatoms. The molecule has 1 aliphatic rings. The van der Waals surface area contributed by atoms with Crippen LogP contribution in [0, 0.1) is 11.8 Å². The van der Waals surface area contributed by atoms with Crippen molar-refractivity contribution >= 4 is 0 Å². The molecular weight excluding hydrogens is 132 g/mol. The minimum atomic E-state index is 0.654. The highest BCUT2D eigenvalue weighted by Crippen LogP contribution is 2.20. The van der Waals surface area contributed by atoms with Crippen LogP contribution in [0.15, 0.2) is 23.8 Å². The standard InChI is InChI=1S/C9H14.C2H6/c1-7-4-5-8(2)9(3)6-7;1-2/h4-8H,1-3H3;1-2H3. The van der Waals surface area contributed by atoms with Gasteiger partial charge in [0.1, 0.15) is 0 Å². The molecule has 0 spiro atoms. The van der Waals surface area contributed by atoms with Crippen molar-refractivity contribution < 1.29 is 0 Å². The van der Waals surface area contributed by atoms with Gasteiger partial charge < -0.3 is 0 Å². The Bertz CT molecular complexity index is 151. The van der Waals surface area contributed by atoms with Crippen LogP contribution in [0.4, 0.5) is 0 Å². The highest BCUT2D eigenvalue weighted by molar-refractivity contribution is 5.18. The van der Waals surface area contributed by atoms with Crippen molar-refractivity contribution in [3.05, 3.63) is 23.8 Å². The third kappa shape index (κ3) is 3.41. The van der Waals surface area contributed by atoms with E-state index in [0.29, 0.717) is 11.8 Å². The molecule has 64 valence electrons. The minimum Gasteiger partial charge on any atom is -0.0813 e. The predicted molar refractivity (Wildman–Crippen MR) is 52.6 cm³/mol. The van der Waals surface area contributed by atoms with Crippen molar-refractivity contribution in [3.8, 4) is 0 Å². The van der Waals surface area contributed by atoms with E-state index in [2.05, 4.69) is 39.0 Å². The lowest BCUT2D eigenvalue weighted by Crippen LogP contribution is -2.00. The molecule has 1 rings (SSSR count). The molecule has 1 aliphatic carbocycles. The molecule has 0 bridgehead atoms. The van der Waals surface area contributed by atoms with Crippen LogP contribution in [0.1, 0.15) is 34.6 Å². The van der Waals surface area contributed by atoms with Crippen molar-refractivity contribution in [1.29, 1.82) is 0 Å². The number of hydrogen-bond acceptors (Lipinski definition) is 0. The van der Waals surface area contributed by atoms with E-state index >= 15 is 0 Å². The maximum atomic E-state index is 2.32. The molecular formula is C11H20. The summed E-state index contributed by atoms with van der Waals surface area (Å²) in [5, 5.41) is 0. The van der Waals surface area contributed by atoms with E-state index in [1.54, 1.807) is 0 Å². The van der Waals surface area contributed by atoms with E-state index in [9.17, 15) is 0 Å². The first-order valence-electron chi connectivity index (χ1n) is 4.57. The van der Waals surface area contributed by atoms with Crippen LogP contribution in [0.25, 0.3) is 0 Å². The second kappa shape index (κ2) is 5.17. The normalized spacial score (nSPS) is 28.6. The second-order valence-electron chi connectivity index (χ2n) is 2.94. The first-order valence-corrected chi connectivity index (χ1v) is 4.57. The van der Waals surface area contributed by atoms with Gasteiger partial charge in [0.2, 0.25) is 0 Å². The molecule has 0 amide bonds. The van der Waals surface area contributed by atoms with E-state index in [-0.39, 0.29) is 0 Å². The molecule has 0 aliphatic heterocycles. The lowest BCUT2D eigenvalue weighted by Gasteiger charge is -2.14. The zero-order chi connectivity index (χ0) is 8.85. The Morgan fingerprint density at radius 2 is 1.64 bits per heavy atom. The summed E-state index contributed by atoms with van der Waals surface area (Å²) < 4.78 is 0. The molecule has 2 unspecified atom stereocenters. The molecule has 0 aromatic heterocycles. The van der Waals surface area contributed by atoms with Gasteiger partial charge in [-0.05, 0) is 18.8 Å². The van der Waals surface area contributed by atoms with Crippen molar-refractivity contribution in [2.45, 2.75) is 34.6 Å². The van der Waals surface area contributed by atoms with Crippen molar-refractivity contribution in [2.24, 2.45) is 11.8 Å². The Morgan fingerprint density at radius 1 is 1.09 bits per heavy atom. The van der Waals surface area contributed by atoms with Gasteiger partial charge in [-0.2, -0.15) is 0 Å². The molecule has 0 aromatic carbocycles. The van der Waals surface area contributed by atoms with Crippen LogP contribution in [0.2, 0.25) is 0 Å². The molecule has 11 heavy (non-hydrogen) atoms. The molecule has 0 fully saturated rings. The number of hydrogen-bond donors (Lipinski definition) is 0. The summed E-state index contributed by atoms with van der Waals surface area (Å²) in [5.74, 6) is 1.32. The van der Waals surface area contributed by atoms with E-state index < -0.39 is 0 Å². The Balaban J connectivity index is 0.000000461. The Hall–Kier alpha value is -0.520. The van der Waals surface area contributed by atoms with Crippen LogP contribution in [0.3, 0.4) is 0 Å². The van der Waals surface area contributed by atoms with Gasteiger partial charge in [0.05, 0.1) is 0 Å². The third-order valence-corrected chi connectivity index (χ3v) is 1.95. The van der Waals surface area contributed by atoms with Gasteiger partial charge in [-0.3, -0.25) is 0 Å². The molecule has 2 atom stereocenters. The molecule has 0 N–H and O–H groups in total. The monoisotopic (exact) mass is 152 g/mol. The fourth-order valence-corrected chi connectivity index (χ4v) is 1.12. The zero-order valence-corrected chi connectivity index (χ0v) is 8.39. The lowest BCUT2D eigenvalue weighted by molar-refractivity contribution is 0.775. The van der Waals surface area contributed by atoms with Crippen molar-refractivity contribution in [3.63, 3.8) is 0 Å². The maximum Gasteiger partial charge on any atom is -0.00540 e. The fraction of sp³-hybridized carbons (Fsp3) is 0.636. The molecule has 0 saturated carbocycles. The topological polar surface area (TPSA) is 0 Å². The highest BCUT2D eigenvalue weighted by Gasteiger charge is 2.05. The van der Waals surface area contributed by atoms with Crippen molar-refractivity contribution in [2.75, 3.05) is 0 Å². The van der Waals surface area contributed by atoms with Crippen LogP contribution >= 0.6 is 0 Å². The SMILES string of the molecule is CC.CC1=CC(C)C=CC1C. The van der Waals surface area contributed by atoms with Gasteiger partial charge in [0.15, 0.2) is 0 Å². The first kappa shape index (κ1) is 10.5. The molecule has 0 nitrogen and oxygen atoms in total. The second-order valence-corrected chi connectivity index (χ2v) is 2.94. The third-order valence-electron chi connectivity index (χ3n) is 1.95. The first-order chi connectivity index (χ1) is 5.20. The van der Waals surface area contributed by atoms with Gasteiger partial charge in [-0.25, -0.2) is 0 Å². The minimum absolute atomic E-state index is 0.654. The Kier molecular flexibility index (Phi) is 4.93. The summed E-state index contributed by atoms with van der Waals surface area (Å²) >= 11 is 0. The van der Waals surface area contributed by atoms with Crippen LogP contribution in [0.5, 0.6) is 0 Å². The maximum absolute atomic E-state index is 2.32. The van der Waals surface area contributed by atoms with Crippen LogP contribution in [-0.4, -0.2) is 0 Å². The summed E-state index contributed by atoms with van der Waals surface area (Å²) in [4.78, 5) is 0. The van der Waals surface area contributed by atoms with Gasteiger partial charge in [0.25, 0.3) is 0 Å². The Labute approximate surface area is 71.0 Å². The van der Waals surface area contributed by atoms with Gasteiger partial charge in [-0.15, -0.1) is 0 Å². The smallest absolute Gasteiger partial charge is 0.00540 e. The Morgan fingerprint density at radius 3 is 2.00 bits per heavy atom. The van der Waals surface area contributed by atoms with Crippen LogP contribution in [-0.2, 0) is 0 Å². The lowest BCUT2D eigenvalue weighted by atomic mass is 9.92. The molecule has 0 aromatic rings. The summed E-state index contributed by atoms with van der Waals surface area (Å²) in [6, 6.07) is 0. The summed E-state index contributed by atoms with van der Waals surface area (Å²) in [7, 11) is 0. The zero-order valence-electron chi connectivity index (χ0n) is 8.39. The summed E-state index contributed by atoms with van der Waals surface area (Å²) in [6.07, 6.45) is 6.86. The van der Waals surface area contributed by atoms with Crippen LogP contribution < -0.4 is 0 Å². The highest BCUT2D eigenvalue weighted by atomic mass is 14.1. The van der Waals surface area contributed by atoms with E-state index in [1.807, 2.05) is 13.8 Å². The van der Waals surface area contributed by atoms with Gasteiger partial charge in [-0.1, -0.05) is 51.5 Å².